The second kappa shape index (κ2) is 7.56. The number of anilines is 1. The van der Waals surface area contributed by atoms with E-state index in [1.807, 2.05) is 37.3 Å². The zero-order valence-corrected chi connectivity index (χ0v) is 12.9. The normalized spacial score (nSPS) is 11.8. The van der Waals surface area contributed by atoms with Gasteiger partial charge < -0.3 is 15.8 Å². The Balaban J connectivity index is 2.34. The van der Waals surface area contributed by atoms with Crippen LogP contribution < -0.4 is 15.8 Å². The molecule has 5 nitrogen and oxygen atoms in total. The summed E-state index contributed by atoms with van der Waals surface area (Å²) in [6.07, 6.45) is 3.74. The molecule has 0 fully saturated rings. The van der Waals surface area contributed by atoms with E-state index in [0.717, 1.165) is 11.1 Å². The van der Waals surface area contributed by atoms with Gasteiger partial charge in [0.1, 0.15) is 5.75 Å². The van der Waals surface area contributed by atoms with Crippen LogP contribution in [-0.2, 0) is 4.79 Å². The molecule has 116 valence electrons. The second-order valence-electron chi connectivity index (χ2n) is 5.11. The summed E-state index contributed by atoms with van der Waals surface area (Å²) in [6, 6.07) is 9.25. The van der Waals surface area contributed by atoms with Crippen molar-refractivity contribution in [3.05, 3.63) is 42.7 Å². The van der Waals surface area contributed by atoms with Gasteiger partial charge in [-0.2, -0.15) is 0 Å². The molecule has 0 aliphatic rings. The van der Waals surface area contributed by atoms with E-state index in [0.29, 0.717) is 18.0 Å². The molecule has 1 aromatic carbocycles. The molecular weight excluding hydrogens is 278 g/mol. The lowest BCUT2D eigenvalue weighted by Crippen LogP contribution is -2.24. The largest absolute Gasteiger partial charge is 0.494 e. The Hall–Kier alpha value is -2.40. The first-order valence-corrected chi connectivity index (χ1v) is 7.32. The molecule has 0 radical (unpaired) electrons. The molecule has 0 saturated heterocycles. The summed E-state index contributed by atoms with van der Waals surface area (Å²) in [6.45, 7) is 4.29. The van der Waals surface area contributed by atoms with Crippen LogP contribution >= 0.6 is 0 Å². The quantitative estimate of drug-likeness (QED) is 0.860. The number of aromatic nitrogens is 1. The number of benzene rings is 1. The van der Waals surface area contributed by atoms with Gasteiger partial charge in [-0.05, 0) is 32.0 Å². The highest BCUT2D eigenvalue weighted by Crippen LogP contribution is 2.31. The third kappa shape index (κ3) is 4.30. The van der Waals surface area contributed by atoms with E-state index in [-0.39, 0.29) is 18.4 Å². The highest BCUT2D eigenvalue weighted by molar-refractivity contribution is 5.96. The number of nitrogens with one attached hydrogen (secondary N) is 1. The lowest BCUT2D eigenvalue weighted by molar-refractivity contribution is -0.116. The van der Waals surface area contributed by atoms with E-state index < -0.39 is 0 Å². The molecule has 1 amide bonds. The Morgan fingerprint density at radius 3 is 2.86 bits per heavy atom. The van der Waals surface area contributed by atoms with Crippen LogP contribution in [0.15, 0.2) is 42.7 Å². The molecular formula is C17H21N3O2. The third-order valence-electron chi connectivity index (χ3n) is 3.06. The molecule has 0 aliphatic carbocycles. The van der Waals surface area contributed by atoms with Crippen LogP contribution in [0, 0.1) is 0 Å². The summed E-state index contributed by atoms with van der Waals surface area (Å²) in [7, 11) is 0. The Bertz CT molecular complexity index is 627. The fourth-order valence-electron chi connectivity index (χ4n) is 2.15. The molecule has 0 bridgehead atoms. The number of carbonyl (C=O) groups is 1. The molecule has 22 heavy (non-hydrogen) atoms. The van der Waals surface area contributed by atoms with Gasteiger partial charge >= 0.3 is 0 Å². The monoisotopic (exact) mass is 299 g/mol. The summed E-state index contributed by atoms with van der Waals surface area (Å²) in [5, 5.41) is 2.91. The highest BCUT2D eigenvalue weighted by atomic mass is 16.5. The zero-order chi connectivity index (χ0) is 15.9. The van der Waals surface area contributed by atoms with Crippen LogP contribution in [0.25, 0.3) is 11.1 Å². The number of nitrogens with two attached hydrogens (primary N) is 1. The van der Waals surface area contributed by atoms with Crippen LogP contribution in [0.2, 0.25) is 0 Å². The van der Waals surface area contributed by atoms with Crippen LogP contribution in [0.3, 0.4) is 0 Å². The fraction of sp³-hybridized carbons (Fsp3) is 0.294. The average Bonchev–Trinajstić information content (AvgIpc) is 2.48. The van der Waals surface area contributed by atoms with Gasteiger partial charge in [-0.15, -0.1) is 0 Å². The summed E-state index contributed by atoms with van der Waals surface area (Å²) < 4.78 is 5.51. The molecule has 3 N–H and O–H groups in total. The van der Waals surface area contributed by atoms with Gasteiger partial charge in [0.05, 0.1) is 12.3 Å². The van der Waals surface area contributed by atoms with E-state index >= 15 is 0 Å². The van der Waals surface area contributed by atoms with Gasteiger partial charge in [-0.3, -0.25) is 9.78 Å². The molecule has 0 saturated carbocycles. The van der Waals surface area contributed by atoms with E-state index in [4.69, 9.17) is 10.5 Å². The lowest BCUT2D eigenvalue weighted by Gasteiger charge is -2.14. The molecule has 2 rings (SSSR count). The molecule has 5 heteroatoms. The second-order valence-corrected chi connectivity index (χ2v) is 5.11. The number of ether oxygens (including phenoxy) is 1. The van der Waals surface area contributed by atoms with Crippen molar-refractivity contribution in [3.63, 3.8) is 0 Å². The number of amides is 1. The van der Waals surface area contributed by atoms with Gasteiger partial charge in [0.15, 0.2) is 0 Å². The molecule has 1 heterocycles. The smallest absolute Gasteiger partial charge is 0.225 e. The van der Waals surface area contributed by atoms with Gasteiger partial charge in [-0.1, -0.05) is 6.07 Å². The van der Waals surface area contributed by atoms with E-state index in [9.17, 15) is 4.79 Å². The maximum atomic E-state index is 12.0. The predicted octanol–water partition coefficient (Wildman–Crippen LogP) is 2.82. The van der Waals surface area contributed by atoms with Crippen LogP contribution in [0.1, 0.15) is 20.3 Å². The number of pyridine rings is 1. The Morgan fingerprint density at radius 2 is 2.23 bits per heavy atom. The molecule has 0 aliphatic heterocycles. The highest BCUT2D eigenvalue weighted by Gasteiger charge is 2.11. The maximum Gasteiger partial charge on any atom is 0.225 e. The number of rotatable bonds is 6. The predicted molar refractivity (Wildman–Crippen MR) is 87.7 cm³/mol. The summed E-state index contributed by atoms with van der Waals surface area (Å²) in [5.74, 6) is 0.597. The van der Waals surface area contributed by atoms with Crippen molar-refractivity contribution in [2.24, 2.45) is 5.73 Å². The van der Waals surface area contributed by atoms with Crippen LogP contribution in [0.5, 0.6) is 5.75 Å². The summed E-state index contributed by atoms with van der Waals surface area (Å²) in [5.41, 5.74) is 8.21. The minimum absolute atomic E-state index is 0.117. The van der Waals surface area contributed by atoms with E-state index in [1.165, 1.54) is 0 Å². The van der Waals surface area contributed by atoms with Crippen LogP contribution in [-0.4, -0.2) is 23.5 Å². The Kier molecular flexibility index (Phi) is 5.49. The minimum atomic E-state index is -0.183. The Morgan fingerprint density at radius 1 is 1.41 bits per heavy atom. The first kappa shape index (κ1) is 16.0. The van der Waals surface area contributed by atoms with Gasteiger partial charge in [0.2, 0.25) is 5.91 Å². The van der Waals surface area contributed by atoms with Crippen molar-refractivity contribution >= 4 is 11.6 Å². The first-order chi connectivity index (χ1) is 10.6. The van der Waals surface area contributed by atoms with Gasteiger partial charge in [0, 0.05) is 42.0 Å². The zero-order valence-electron chi connectivity index (χ0n) is 12.9. The van der Waals surface area contributed by atoms with E-state index in [2.05, 4.69) is 10.3 Å². The Labute approximate surface area is 130 Å². The van der Waals surface area contributed by atoms with Crippen molar-refractivity contribution < 1.29 is 9.53 Å². The van der Waals surface area contributed by atoms with Crippen molar-refractivity contribution in [2.45, 2.75) is 26.3 Å². The third-order valence-corrected chi connectivity index (χ3v) is 3.06. The van der Waals surface area contributed by atoms with Crippen molar-refractivity contribution in [1.29, 1.82) is 0 Å². The van der Waals surface area contributed by atoms with Crippen molar-refractivity contribution in [3.8, 4) is 16.9 Å². The minimum Gasteiger partial charge on any atom is -0.494 e. The maximum absolute atomic E-state index is 12.0. The number of hydrogen-bond donors (Lipinski definition) is 2. The number of hydrogen-bond acceptors (Lipinski definition) is 4. The van der Waals surface area contributed by atoms with Gasteiger partial charge in [0.25, 0.3) is 0 Å². The average molecular weight is 299 g/mol. The topological polar surface area (TPSA) is 77.2 Å². The first-order valence-electron chi connectivity index (χ1n) is 7.32. The summed E-state index contributed by atoms with van der Waals surface area (Å²) in [4.78, 5) is 16.2. The summed E-state index contributed by atoms with van der Waals surface area (Å²) >= 11 is 0. The van der Waals surface area contributed by atoms with Crippen molar-refractivity contribution in [2.75, 3.05) is 11.9 Å². The standard InChI is InChI=1S/C17H21N3O2/c1-3-22-14-6-7-15(13-5-4-8-19-11-13)16(10-14)20-17(21)9-12(2)18/h4-8,10-12H,3,9,18H2,1-2H3,(H,20,21). The molecule has 0 spiro atoms. The molecule has 1 aromatic heterocycles. The van der Waals surface area contributed by atoms with Gasteiger partial charge in [-0.25, -0.2) is 0 Å². The SMILES string of the molecule is CCOc1ccc(-c2cccnc2)c(NC(=O)CC(C)N)c1. The number of nitrogens with zero attached hydrogens (tertiary/aromatic N) is 1. The molecule has 2 aromatic rings. The van der Waals surface area contributed by atoms with E-state index in [1.54, 1.807) is 19.3 Å². The molecule has 1 atom stereocenters. The number of carbonyl (C=O) groups excluding carboxylic acids is 1. The van der Waals surface area contributed by atoms with Crippen molar-refractivity contribution in [1.82, 2.24) is 4.98 Å². The lowest BCUT2D eigenvalue weighted by atomic mass is 10.0. The van der Waals surface area contributed by atoms with Crippen LogP contribution in [0.4, 0.5) is 5.69 Å². The molecule has 1 unspecified atom stereocenters. The fourth-order valence-corrected chi connectivity index (χ4v) is 2.15.